The minimum absolute atomic E-state index is 0.260. The highest BCUT2D eigenvalue weighted by atomic mass is 35.5. The van der Waals surface area contributed by atoms with E-state index in [1.54, 1.807) is 4.72 Å². The summed E-state index contributed by atoms with van der Waals surface area (Å²) < 4.78 is 83.1. The Labute approximate surface area is 150 Å². The summed E-state index contributed by atoms with van der Waals surface area (Å²) in [6, 6.07) is 4.40. The molecular weight excluding hydrogens is 402 g/mol. The molecule has 0 aliphatic rings. The third-order valence-electron chi connectivity index (χ3n) is 3.18. The van der Waals surface area contributed by atoms with E-state index >= 15 is 0 Å². The number of methoxy groups -OCH3 is 1. The molecule has 0 atom stereocenters. The molecule has 26 heavy (non-hydrogen) atoms. The maximum Gasteiger partial charge on any atom is 0.416 e. The predicted molar refractivity (Wildman–Crippen MR) is 85.0 cm³/mol. The summed E-state index contributed by atoms with van der Waals surface area (Å²) in [6.45, 7) is 0. The van der Waals surface area contributed by atoms with E-state index in [0.29, 0.717) is 24.3 Å². The van der Waals surface area contributed by atoms with Crippen LogP contribution in [0.2, 0.25) is 5.02 Å². The van der Waals surface area contributed by atoms with Gasteiger partial charge in [0.1, 0.15) is 10.7 Å². The average Bonchev–Trinajstić information content (AvgIpc) is 2.55. The molecular formula is C15H10ClF4NO4S. The molecule has 0 amide bonds. The van der Waals surface area contributed by atoms with Gasteiger partial charge < -0.3 is 4.74 Å². The van der Waals surface area contributed by atoms with Crippen LogP contribution in [0, 0.1) is 5.82 Å². The molecule has 1 N–H and O–H groups in total. The fourth-order valence-corrected chi connectivity index (χ4v) is 3.33. The number of nitrogens with one attached hydrogen (secondary N) is 1. The number of sulfonamides is 1. The molecule has 0 aliphatic carbocycles. The first kappa shape index (κ1) is 20.0. The van der Waals surface area contributed by atoms with Crippen molar-refractivity contribution in [2.45, 2.75) is 11.1 Å². The van der Waals surface area contributed by atoms with Gasteiger partial charge in [-0.3, -0.25) is 4.72 Å². The summed E-state index contributed by atoms with van der Waals surface area (Å²) in [5.74, 6) is -2.13. The van der Waals surface area contributed by atoms with Gasteiger partial charge in [0.05, 0.1) is 28.9 Å². The Morgan fingerprint density at radius 3 is 2.38 bits per heavy atom. The van der Waals surface area contributed by atoms with Crippen molar-refractivity contribution >= 4 is 33.3 Å². The summed E-state index contributed by atoms with van der Waals surface area (Å²) in [4.78, 5) is 10.5. The molecule has 0 radical (unpaired) electrons. The lowest BCUT2D eigenvalue weighted by Gasteiger charge is -2.13. The highest BCUT2D eigenvalue weighted by Gasteiger charge is 2.32. The lowest BCUT2D eigenvalue weighted by atomic mass is 10.2. The van der Waals surface area contributed by atoms with Gasteiger partial charge in [-0.1, -0.05) is 11.6 Å². The molecule has 0 saturated carbocycles. The Hall–Kier alpha value is -2.33. The first-order valence-corrected chi connectivity index (χ1v) is 8.59. The molecule has 5 nitrogen and oxygen atoms in total. The lowest BCUT2D eigenvalue weighted by Crippen LogP contribution is -2.17. The van der Waals surface area contributed by atoms with Gasteiger partial charge in [-0.25, -0.2) is 17.6 Å². The van der Waals surface area contributed by atoms with Gasteiger partial charge in [0.2, 0.25) is 0 Å². The second-order valence-corrected chi connectivity index (χ2v) is 6.99. The van der Waals surface area contributed by atoms with Crippen molar-refractivity contribution in [2.24, 2.45) is 0 Å². The number of carbonyl (C=O) groups is 1. The van der Waals surface area contributed by atoms with Gasteiger partial charge in [0.25, 0.3) is 10.0 Å². The van der Waals surface area contributed by atoms with Crippen molar-refractivity contribution in [1.82, 2.24) is 0 Å². The van der Waals surface area contributed by atoms with Gasteiger partial charge in [0.15, 0.2) is 0 Å². The third kappa shape index (κ3) is 4.25. The zero-order valence-corrected chi connectivity index (χ0v) is 14.5. The lowest BCUT2D eigenvalue weighted by molar-refractivity contribution is -0.137. The van der Waals surface area contributed by atoms with E-state index in [9.17, 15) is 30.8 Å². The summed E-state index contributed by atoms with van der Waals surface area (Å²) in [7, 11) is -3.64. The topological polar surface area (TPSA) is 72.5 Å². The average molecular weight is 412 g/mol. The van der Waals surface area contributed by atoms with Crippen LogP contribution >= 0.6 is 11.6 Å². The second kappa shape index (κ2) is 7.12. The number of ether oxygens (including phenoxy) is 1. The van der Waals surface area contributed by atoms with E-state index < -0.39 is 44.1 Å². The molecule has 0 saturated heterocycles. The summed E-state index contributed by atoms with van der Waals surface area (Å²) in [5, 5.41) is -0.328. The van der Waals surface area contributed by atoms with Crippen LogP contribution in [0.15, 0.2) is 41.3 Å². The molecule has 2 aromatic rings. The highest BCUT2D eigenvalue weighted by Crippen LogP contribution is 2.34. The van der Waals surface area contributed by atoms with E-state index in [1.807, 2.05) is 0 Å². The van der Waals surface area contributed by atoms with E-state index in [0.717, 1.165) is 19.2 Å². The molecule has 0 heterocycles. The number of esters is 1. The van der Waals surface area contributed by atoms with Crippen molar-refractivity contribution in [3.05, 3.63) is 58.4 Å². The standard InChI is InChI=1S/C15H10ClF4NO4S/c1-25-14(22)8-2-5-11(17)13(6-8)26(23,24)21-12-7-9(15(18,19)20)3-4-10(12)16/h2-7,21H,1H3. The zero-order chi connectivity index (χ0) is 19.7. The van der Waals surface area contributed by atoms with Gasteiger partial charge in [-0.2, -0.15) is 13.2 Å². The molecule has 11 heteroatoms. The second-order valence-electron chi connectivity index (χ2n) is 4.93. The minimum atomic E-state index is -4.74. The van der Waals surface area contributed by atoms with Crippen molar-refractivity contribution < 1.29 is 35.5 Å². The van der Waals surface area contributed by atoms with E-state index in [2.05, 4.69) is 4.74 Å². The quantitative estimate of drug-likeness (QED) is 0.607. The summed E-state index contributed by atoms with van der Waals surface area (Å²) in [5.41, 5.74) is -2.00. The SMILES string of the molecule is COC(=O)c1ccc(F)c(S(=O)(=O)Nc2cc(C(F)(F)F)ccc2Cl)c1. The smallest absolute Gasteiger partial charge is 0.416 e. The van der Waals surface area contributed by atoms with Crippen LogP contribution < -0.4 is 4.72 Å². The van der Waals surface area contributed by atoms with Crippen molar-refractivity contribution in [1.29, 1.82) is 0 Å². The van der Waals surface area contributed by atoms with Crippen molar-refractivity contribution in [3.8, 4) is 0 Å². The fourth-order valence-electron chi connectivity index (χ4n) is 1.93. The first-order valence-electron chi connectivity index (χ1n) is 6.73. The molecule has 2 rings (SSSR count). The predicted octanol–water partition coefficient (Wildman–Crippen LogP) is 4.09. The number of carbonyl (C=O) groups excluding carboxylic acids is 1. The Morgan fingerprint density at radius 2 is 1.81 bits per heavy atom. The Kier molecular flexibility index (Phi) is 5.47. The van der Waals surface area contributed by atoms with Gasteiger partial charge in [-0.15, -0.1) is 0 Å². The Bertz CT molecular complexity index is 961. The van der Waals surface area contributed by atoms with Gasteiger partial charge in [0, 0.05) is 0 Å². The molecule has 0 bridgehead atoms. The van der Waals surface area contributed by atoms with Crippen LogP contribution in [0.25, 0.3) is 0 Å². The molecule has 2 aromatic carbocycles. The van der Waals surface area contributed by atoms with E-state index in [4.69, 9.17) is 11.6 Å². The van der Waals surface area contributed by atoms with Gasteiger partial charge >= 0.3 is 12.1 Å². The molecule has 0 spiro atoms. The number of anilines is 1. The monoisotopic (exact) mass is 411 g/mol. The third-order valence-corrected chi connectivity index (χ3v) is 4.89. The molecule has 140 valence electrons. The van der Waals surface area contributed by atoms with E-state index in [-0.39, 0.29) is 10.6 Å². The highest BCUT2D eigenvalue weighted by molar-refractivity contribution is 7.92. The van der Waals surface area contributed by atoms with Crippen LogP contribution in [-0.4, -0.2) is 21.5 Å². The number of benzene rings is 2. The van der Waals surface area contributed by atoms with Crippen LogP contribution in [0.5, 0.6) is 0 Å². The van der Waals surface area contributed by atoms with Crippen LogP contribution in [0.3, 0.4) is 0 Å². The molecule has 0 aliphatic heterocycles. The van der Waals surface area contributed by atoms with Crippen LogP contribution in [-0.2, 0) is 20.9 Å². The maximum absolute atomic E-state index is 13.9. The number of alkyl halides is 3. The number of halogens is 5. The molecule has 0 fully saturated rings. The van der Waals surface area contributed by atoms with E-state index in [1.165, 1.54) is 0 Å². The van der Waals surface area contributed by atoms with Crippen LogP contribution in [0.4, 0.5) is 23.2 Å². The van der Waals surface area contributed by atoms with Gasteiger partial charge in [-0.05, 0) is 36.4 Å². The first-order chi connectivity index (χ1) is 12.0. The molecule has 0 unspecified atom stereocenters. The zero-order valence-electron chi connectivity index (χ0n) is 12.9. The Balaban J connectivity index is 2.49. The number of hydrogen-bond donors (Lipinski definition) is 1. The van der Waals surface area contributed by atoms with Crippen LogP contribution in [0.1, 0.15) is 15.9 Å². The largest absolute Gasteiger partial charge is 0.465 e. The normalized spacial score (nSPS) is 11.9. The summed E-state index contributed by atoms with van der Waals surface area (Å²) >= 11 is 5.72. The van der Waals surface area contributed by atoms with Crippen molar-refractivity contribution in [2.75, 3.05) is 11.8 Å². The number of rotatable bonds is 4. The minimum Gasteiger partial charge on any atom is -0.465 e. The fraction of sp³-hybridized carbons (Fsp3) is 0.133. The number of hydrogen-bond acceptors (Lipinski definition) is 4. The summed E-state index contributed by atoms with van der Waals surface area (Å²) in [6.07, 6.45) is -4.74. The molecule has 0 aromatic heterocycles. The Morgan fingerprint density at radius 1 is 1.15 bits per heavy atom. The van der Waals surface area contributed by atoms with Crippen molar-refractivity contribution in [3.63, 3.8) is 0 Å². The maximum atomic E-state index is 13.9.